The first-order valence-corrected chi connectivity index (χ1v) is 8.04. The molecule has 22 heavy (non-hydrogen) atoms. The molecule has 0 unspecified atom stereocenters. The Labute approximate surface area is 131 Å². The smallest absolute Gasteiger partial charge is 0.163 e. The predicted molar refractivity (Wildman–Crippen MR) is 83.6 cm³/mol. The minimum absolute atomic E-state index is 0.299. The highest BCUT2D eigenvalue weighted by molar-refractivity contribution is 5.41. The molecule has 1 aromatic heterocycles. The lowest BCUT2D eigenvalue weighted by molar-refractivity contribution is -0.0689. The van der Waals surface area contributed by atoms with E-state index in [1.54, 1.807) is 6.07 Å². The largest absolute Gasteiger partial charge is 0.373 e. The van der Waals surface area contributed by atoms with Crippen LogP contribution in [-0.2, 0) is 4.74 Å². The molecule has 3 heterocycles. The summed E-state index contributed by atoms with van der Waals surface area (Å²) in [6.07, 6.45) is 2.96. The number of aromatic nitrogens is 2. The highest BCUT2D eigenvalue weighted by Crippen LogP contribution is 2.25. The van der Waals surface area contributed by atoms with Gasteiger partial charge in [0, 0.05) is 32.2 Å². The summed E-state index contributed by atoms with van der Waals surface area (Å²) in [6, 6.07) is 6.15. The molecule has 2 saturated heterocycles. The van der Waals surface area contributed by atoms with Gasteiger partial charge in [-0.05, 0) is 38.8 Å². The van der Waals surface area contributed by atoms with Crippen LogP contribution in [0.3, 0.4) is 0 Å². The topological polar surface area (TPSA) is 65.3 Å². The Kier molecular flexibility index (Phi) is 4.55. The van der Waals surface area contributed by atoms with E-state index in [-0.39, 0.29) is 0 Å². The van der Waals surface area contributed by atoms with Crippen LogP contribution in [0.4, 0.5) is 5.82 Å². The van der Waals surface area contributed by atoms with Crippen molar-refractivity contribution in [2.45, 2.75) is 44.9 Å². The van der Waals surface area contributed by atoms with E-state index >= 15 is 0 Å². The monoisotopic (exact) mass is 301 g/mol. The molecule has 0 spiro atoms. The number of nitrogens with zero attached hydrogens (tertiary/aromatic N) is 5. The van der Waals surface area contributed by atoms with E-state index in [0.717, 1.165) is 32.0 Å². The van der Waals surface area contributed by atoms with Crippen molar-refractivity contribution < 1.29 is 4.74 Å². The van der Waals surface area contributed by atoms with E-state index in [2.05, 4.69) is 33.8 Å². The predicted octanol–water partition coefficient (Wildman–Crippen LogP) is 1.43. The van der Waals surface area contributed by atoms with Gasteiger partial charge in [0.1, 0.15) is 6.07 Å². The highest BCUT2D eigenvalue weighted by atomic mass is 16.5. The highest BCUT2D eigenvalue weighted by Gasteiger charge is 2.30. The fourth-order valence-electron chi connectivity index (χ4n) is 3.60. The molecule has 0 radical (unpaired) electrons. The van der Waals surface area contributed by atoms with Gasteiger partial charge in [0.2, 0.25) is 0 Å². The van der Waals surface area contributed by atoms with Crippen molar-refractivity contribution in [3.05, 3.63) is 17.8 Å². The van der Waals surface area contributed by atoms with Gasteiger partial charge >= 0.3 is 0 Å². The Hall–Kier alpha value is -1.71. The fourth-order valence-corrected chi connectivity index (χ4v) is 3.60. The van der Waals surface area contributed by atoms with Crippen LogP contribution >= 0.6 is 0 Å². The van der Waals surface area contributed by atoms with Crippen molar-refractivity contribution in [2.75, 3.05) is 31.1 Å². The number of anilines is 1. The Morgan fingerprint density at radius 3 is 2.68 bits per heavy atom. The molecule has 6 heteroatoms. The molecular formula is C16H23N5O. The van der Waals surface area contributed by atoms with E-state index in [4.69, 9.17) is 10.00 Å². The Balaban J connectivity index is 1.66. The van der Waals surface area contributed by atoms with Crippen LogP contribution in [0.25, 0.3) is 0 Å². The minimum atomic E-state index is 0.299. The third-order valence-corrected chi connectivity index (χ3v) is 4.40. The molecule has 1 aromatic rings. The number of ether oxygens (including phenoxy) is 1. The molecule has 6 nitrogen and oxygen atoms in total. The summed E-state index contributed by atoms with van der Waals surface area (Å²) in [5.74, 6) is 0.885. The van der Waals surface area contributed by atoms with Crippen molar-refractivity contribution in [1.29, 1.82) is 5.26 Å². The third kappa shape index (κ3) is 3.37. The lowest BCUT2D eigenvalue weighted by Gasteiger charge is -2.38. The van der Waals surface area contributed by atoms with Crippen LogP contribution in [0.15, 0.2) is 12.1 Å². The maximum absolute atomic E-state index is 8.83. The Bertz CT molecular complexity index is 530. The molecule has 0 saturated carbocycles. The summed E-state index contributed by atoms with van der Waals surface area (Å²) in [7, 11) is 0. The second kappa shape index (κ2) is 6.59. The molecule has 2 aliphatic heterocycles. The maximum Gasteiger partial charge on any atom is 0.163 e. The lowest BCUT2D eigenvalue weighted by Crippen LogP contribution is -2.50. The van der Waals surface area contributed by atoms with Gasteiger partial charge in [0.15, 0.2) is 11.5 Å². The van der Waals surface area contributed by atoms with Gasteiger partial charge in [-0.2, -0.15) is 5.26 Å². The van der Waals surface area contributed by atoms with Gasteiger partial charge in [-0.1, -0.05) is 0 Å². The van der Waals surface area contributed by atoms with Crippen LogP contribution in [-0.4, -0.2) is 59.5 Å². The number of morpholine rings is 1. The number of hydrogen-bond donors (Lipinski definition) is 0. The quantitative estimate of drug-likeness (QED) is 0.841. The molecule has 0 aliphatic carbocycles. The standard InChI is InChI=1S/C16H23N5O/c1-12-9-20(10-13(2)22-12)11-15-4-3-7-21(15)16-6-5-14(8-17)18-19-16/h5-6,12-13,15H,3-4,7,9-11H2,1-2H3/t12-,13+,15-/m0/s1. The van der Waals surface area contributed by atoms with Gasteiger partial charge in [-0.15, -0.1) is 10.2 Å². The molecular weight excluding hydrogens is 278 g/mol. The first-order chi connectivity index (χ1) is 10.7. The second-order valence-corrected chi connectivity index (χ2v) is 6.35. The Morgan fingerprint density at radius 1 is 1.27 bits per heavy atom. The summed E-state index contributed by atoms with van der Waals surface area (Å²) in [4.78, 5) is 4.83. The van der Waals surface area contributed by atoms with Crippen LogP contribution in [0.1, 0.15) is 32.4 Å². The van der Waals surface area contributed by atoms with E-state index in [9.17, 15) is 0 Å². The number of nitriles is 1. The third-order valence-electron chi connectivity index (χ3n) is 4.40. The molecule has 0 aromatic carbocycles. The first-order valence-electron chi connectivity index (χ1n) is 8.04. The molecule has 0 bridgehead atoms. The van der Waals surface area contributed by atoms with E-state index in [1.807, 2.05) is 12.1 Å². The average Bonchev–Trinajstić information content (AvgIpc) is 2.94. The second-order valence-electron chi connectivity index (χ2n) is 6.35. The number of rotatable bonds is 3. The van der Waals surface area contributed by atoms with Crippen LogP contribution in [0.2, 0.25) is 0 Å². The zero-order valence-electron chi connectivity index (χ0n) is 13.3. The van der Waals surface area contributed by atoms with Crippen molar-refractivity contribution in [2.24, 2.45) is 0 Å². The van der Waals surface area contributed by atoms with Gasteiger partial charge in [-0.25, -0.2) is 0 Å². The van der Waals surface area contributed by atoms with Gasteiger partial charge < -0.3 is 9.64 Å². The molecule has 3 atom stereocenters. The lowest BCUT2D eigenvalue weighted by atomic mass is 10.1. The van der Waals surface area contributed by atoms with Gasteiger partial charge in [0.25, 0.3) is 0 Å². The molecule has 118 valence electrons. The maximum atomic E-state index is 8.83. The van der Waals surface area contributed by atoms with Crippen LogP contribution in [0, 0.1) is 11.3 Å². The Morgan fingerprint density at radius 2 is 2.05 bits per heavy atom. The first kappa shape index (κ1) is 15.2. The van der Waals surface area contributed by atoms with Crippen molar-refractivity contribution in [1.82, 2.24) is 15.1 Å². The van der Waals surface area contributed by atoms with Crippen LogP contribution < -0.4 is 4.90 Å². The molecule has 0 N–H and O–H groups in total. The summed E-state index contributed by atoms with van der Waals surface area (Å²) >= 11 is 0. The van der Waals surface area contributed by atoms with Crippen molar-refractivity contribution in [3.8, 4) is 6.07 Å². The van der Waals surface area contributed by atoms with Crippen molar-refractivity contribution >= 4 is 5.82 Å². The summed E-state index contributed by atoms with van der Waals surface area (Å²) < 4.78 is 5.81. The van der Waals surface area contributed by atoms with Gasteiger partial charge in [-0.3, -0.25) is 4.90 Å². The average molecular weight is 301 g/mol. The molecule has 2 fully saturated rings. The molecule has 3 rings (SSSR count). The zero-order chi connectivity index (χ0) is 15.5. The van der Waals surface area contributed by atoms with E-state index < -0.39 is 0 Å². The SMILES string of the molecule is C[C@@H]1CN(C[C@@H]2CCCN2c2ccc(C#N)nn2)C[C@H](C)O1. The van der Waals surface area contributed by atoms with Crippen LogP contribution in [0.5, 0.6) is 0 Å². The normalized spacial score (nSPS) is 29.5. The number of hydrogen-bond acceptors (Lipinski definition) is 6. The summed E-state index contributed by atoms with van der Waals surface area (Å²) in [5.41, 5.74) is 0.371. The van der Waals surface area contributed by atoms with E-state index in [0.29, 0.717) is 23.9 Å². The summed E-state index contributed by atoms with van der Waals surface area (Å²) in [5, 5.41) is 17.0. The summed E-state index contributed by atoms with van der Waals surface area (Å²) in [6.45, 7) is 8.32. The fraction of sp³-hybridized carbons (Fsp3) is 0.688. The zero-order valence-corrected chi connectivity index (χ0v) is 13.3. The van der Waals surface area contributed by atoms with Crippen molar-refractivity contribution in [3.63, 3.8) is 0 Å². The molecule has 2 aliphatic rings. The van der Waals surface area contributed by atoms with E-state index in [1.165, 1.54) is 12.8 Å². The minimum Gasteiger partial charge on any atom is -0.373 e. The molecule has 0 amide bonds. The van der Waals surface area contributed by atoms with Gasteiger partial charge in [0.05, 0.1) is 12.2 Å².